The molecule has 0 fully saturated rings. The Morgan fingerprint density at radius 1 is 1.19 bits per heavy atom. The molecule has 0 saturated carbocycles. The predicted octanol–water partition coefficient (Wildman–Crippen LogP) is 4.71. The number of carbonyl (C=O) groups is 2. The Morgan fingerprint density at radius 3 is 2.62 bits per heavy atom. The van der Waals surface area contributed by atoms with Crippen LogP contribution in [0.15, 0.2) is 34.4 Å². The summed E-state index contributed by atoms with van der Waals surface area (Å²) in [5.74, 6) is 0.301. The lowest BCUT2D eigenvalue weighted by Crippen LogP contribution is -2.23. The molecule has 21 heavy (non-hydrogen) atoms. The monoisotopic (exact) mass is 286 g/mol. The molecule has 0 aromatic rings. The Balaban J connectivity index is 2.19. The first-order valence-corrected chi connectivity index (χ1v) is 8.22. The van der Waals surface area contributed by atoms with E-state index >= 15 is 0 Å². The van der Waals surface area contributed by atoms with Crippen molar-refractivity contribution in [2.45, 2.75) is 65.7 Å². The predicted molar refractivity (Wildman–Crippen MR) is 86.0 cm³/mol. The van der Waals surface area contributed by atoms with Gasteiger partial charge in [0.2, 0.25) is 0 Å². The Labute approximate surface area is 128 Å². The van der Waals surface area contributed by atoms with E-state index in [2.05, 4.69) is 19.9 Å². The summed E-state index contributed by atoms with van der Waals surface area (Å²) in [7, 11) is 0. The third-order valence-corrected chi connectivity index (χ3v) is 4.60. The van der Waals surface area contributed by atoms with Gasteiger partial charge < -0.3 is 0 Å². The minimum atomic E-state index is 0.0644. The number of allylic oxidation sites excluding steroid dienone is 6. The maximum atomic E-state index is 12.5. The van der Waals surface area contributed by atoms with Crippen LogP contribution in [0.4, 0.5) is 0 Å². The molecule has 0 aromatic heterocycles. The van der Waals surface area contributed by atoms with E-state index in [-0.39, 0.29) is 17.5 Å². The number of carbonyl (C=O) groups excluding carboxylic acids is 2. The van der Waals surface area contributed by atoms with Gasteiger partial charge in [0.1, 0.15) is 0 Å². The van der Waals surface area contributed by atoms with E-state index in [1.54, 1.807) is 6.08 Å². The van der Waals surface area contributed by atoms with Crippen LogP contribution in [0, 0.1) is 5.92 Å². The van der Waals surface area contributed by atoms with Crippen LogP contribution in [0.1, 0.15) is 65.7 Å². The van der Waals surface area contributed by atoms with Gasteiger partial charge in [0, 0.05) is 22.6 Å². The molecule has 1 atom stereocenters. The minimum absolute atomic E-state index is 0.0644. The highest BCUT2D eigenvalue weighted by atomic mass is 16.1. The molecule has 2 rings (SSSR count). The van der Waals surface area contributed by atoms with Gasteiger partial charge in [-0.2, -0.15) is 0 Å². The lowest BCUT2D eigenvalue weighted by molar-refractivity contribution is -0.116. The molecule has 2 nitrogen and oxygen atoms in total. The second kappa shape index (κ2) is 7.02. The van der Waals surface area contributed by atoms with Crippen molar-refractivity contribution in [2.75, 3.05) is 0 Å². The van der Waals surface area contributed by atoms with E-state index in [0.29, 0.717) is 11.1 Å². The smallest absolute Gasteiger partial charge is 0.185 e. The van der Waals surface area contributed by atoms with Gasteiger partial charge in [-0.3, -0.25) is 9.59 Å². The van der Waals surface area contributed by atoms with Gasteiger partial charge >= 0.3 is 0 Å². The van der Waals surface area contributed by atoms with Crippen LogP contribution >= 0.6 is 0 Å². The minimum Gasteiger partial charge on any atom is -0.290 e. The van der Waals surface area contributed by atoms with Gasteiger partial charge in [-0.25, -0.2) is 0 Å². The van der Waals surface area contributed by atoms with Crippen molar-refractivity contribution >= 4 is 11.6 Å². The molecule has 2 heteroatoms. The second-order valence-corrected chi connectivity index (χ2v) is 6.37. The first-order valence-electron chi connectivity index (χ1n) is 8.22. The van der Waals surface area contributed by atoms with Crippen molar-refractivity contribution in [2.24, 2.45) is 5.92 Å². The van der Waals surface area contributed by atoms with Crippen molar-refractivity contribution in [1.29, 1.82) is 0 Å². The van der Waals surface area contributed by atoms with E-state index in [1.165, 1.54) is 5.57 Å². The molecule has 0 heterocycles. The molecule has 0 saturated heterocycles. The summed E-state index contributed by atoms with van der Waals surface area (Å²) >= 11 is 0. The molecule has 0 amide bonds. The second-order valence-electron chi connectivity index (χ2n) is 6.37. The first kappa shape index (κ1) is 15.9. The van der Waals surface area contributed by atoms with E-state index < -0.39 is 0 Å². The summed E-state index contributed by atoms with van der Waals surface area (Å²) in [6.07, 6.45) is 11.0. The molecule has 2 aliphatic rings. The van der Waals surface area contributed by atoms with Crippen LogP contribution in [0.3, 0.4) is 0 Å². The van der Waals surface area contributed by atoms with Crippen molar-refractivity contribution in [3.05, 3.63) is 34.4 Å². The van der Waals surface area contributed by atoms with Crippen LogP contribution in [0.2, 0.25) is 0 Å². The SMILES string of the molecule is CCCCCC1=CC(=O)C(C2C=C(C)CCC2)=C(C)C1=O. The fraction of sp³-hybridized carbons (Fsp3) is 0.579. The first-order chi connectivity index (χ1) is 10.0. The zero-order valence-electron chi connectivity index (χ0n) is 13.5. The number of hydrogen-bond donors (Lipinski definition) is 0. The van der Waals surface area contributed by atoms with Gasteiger partial charge in [-0.1, -0.05) is 31.4 Å². The number of unbranched alkanes of at least 4 members (excludes halogenated alkanes) is 2. The Kier molecular flexibility index (Phi) is 5.33. The summed E-state index contributed by atoms with van der Waals surface area (Å²) in [6, 6.07) is 0. The highest BCUT2D eigenvalue weighted by Gasteiger charge is 2.30. The molecular formula is C19H26O2. The third-order valence-electron chi connectivity index (χ3n) is 4.60. The topological polar surface area (TPSA) is 34.1 Å². The molecule has 0 bridgehead atoms. The molecule has 0 N–H and O–H groups in total. The molecule has 114 valence electrons. The Bertz CT molecular complexity index is 532. The summed E-state index contributed by atoms with van der Waals surface area (Å²) in [5, 5.41) is 0. The maximum Gasteiger partial charge on any atom is 0.185 e. The average molecular weight is 286 g/mol. The highest BCUT2D eigenvalue weighted by molar-refractivity contribution is 6.22. The molecule has 0 aromatic carbocycles. The number of hydrogen-bond acceptors (Lipinski definition) is 2. The van der Waals surface area contributed by atoms with Crippen LogP contribution in [0.25, 0.3) is 0 Å². The molecule has 0 spiro atoms. The van der Waals surface area contributed by atoms with Crippen molar-refractivity contribution < 1.29 is 9.59 Å². The van der Waals surface area contributed by atoms with Crippen LogP contribution < -0.4 is 0 Å². The van der Waals surface area contributed by atoms with E-state index in [0.717, 1.165) is 50.5 Å². The van der Waals surface area contributed by atoms with Gasteiger partial charge in [0.15, 0.2) is 11.6 Å². The molecular weight excluding hydrogens is 260 g/mol. The van der Waals surface area contributed by atoms with Gasteiger partial charge in [-0.15, -0.1) is 0 Å². The zero-order chi connectivity index (χ0) is 15.4. The summed E-state index contributed by atoms with van der Waals surface area (Å²) in [4.78, 5) is 25.0. The van der Waals surface area contributed by atoms with Crippen molar-refractivity contribution in [3.8, 4) is 0 Å². The average Bonchev–Trinajstić information content (AvgIpc) is 2.44. The van der Waals surface area contributed by atoms with Crippen molar-refractivity contribution in [1.82, 2.24) is 0 Å². The largest absolute Gasteiger partial charge is 0.290 e. The fourth-order valence-corrected chi connectivity index (χ4v) is 3.40. The lowest BCUT2D eigenvalue weighted by atomic mass is 9.77. The lowest BCUT2D eigenvalue weighted by Gasteiger charge is -2.25. The number of ketones is 2. The maximum absolute atomic E-state index is 12.5. The van der Waals surface area contributed by atoms with Crippen LogP contribution in [-0.2, 0) is 9.59 Å². The van der Waals surface area contributed by atoms with E-state index in [9.17, 15) is 9.59 Å². The normalized spacial score (nSPS) is 23.3. The Morgan fingerprint density at radius 2 is 1.95 bits per heavy atom. The number of rotatable bonds is 5. The zero-order valence-corrected chi connectivity index (χ0v) is 13.5. The summed E-state index contributed by atoms with van der Waals surface area (Å²) in [5.41, 5.74) is 3.49. The van der Waals surface area contributed by atoms with Gasteiger partial charge in [0.25, 0.3) is 0 Å². The Hall–Kier alpha value is -1.44. The quantitative estimate of drug-likeness (QED) is 0.417. The van der Waals surface area contributed by atoms with Crippen LogP contribution in [0.5, 0.6) is 0 Å². The highest BCUT2D eigenvalue weighted by Crippen LogP contribution is 2.34. The number of Topliss-reactive ketones (excluding diaryl/α,β-unsaturated/α-hetero) is 1. The third kappa shape index (κ3) is 3.61. The molecule has 0 aliphatic heterocycles. The fourth-order valence-electron chi connectivity index (χ4n) is 3.40. The molecule has 2 aliphatic carbocycles. The van der Waals surface area contributed by atoms with Gasteiger partial charge in [-0.05, 0) is 52.0 Å². The van der Waals surface area contributed by atoms with Crippen LogP contribution in [-0.4, -0.2) is 11.6 Å². The summed E-state index contributed by atoms with van der Waals surface area (Å²) < 4.78 is 0. The van der Waals surface area contributed by atoms with Gasteiger partial charge in [0.05, 0.1) is 0 Å². The van der Waals surface area contributed by atoms with Crippen molar-refractivity contribution in [3.63, 3.8) is 0 Å². The standard InChI is InChI=1S/C19H26O2/c1-4-5-6-9-16-12-17(20)18(14(3)19(16)21)15-10-7-8-13(2)11-15/h11-12,15H,4-10H2,1-3H3. The van der Waals surface area contributed by atoms with E-state index in [4.69, 9.17) is 0 Å². The van der Waals surface area contributed by atoms with E-state index in [1.807, 2.05) is 6.92 Å². The molecule has 1 unspecified atom stereocenters. The molecule has 0 radical (unpaired) electrons. The summed E-state index contributed by atoms with van der Waals surface area (Å²) in [6.45, 7) is 6.09.